The Labute approximate surface area is 136 Å². The summed E-state index contributed by atoms with van der Waals surface area (Å²) in [5.41, 5.74) is 0.694. The van der Waals surface area contributed by atoms with E-state index < -0.39 is 10.0 Å². The average Bonchev–Trinajstić information content (AvgIpc) is 3.24. The van der Waals surface area contributed by atoms with Crippen LogP contribution in [-0.2, 0) is 26.1 Å². The van der Waals surface area contributed by atoms with Crippen molar-refractivity contribution in [3.8, 4) is 0 Å². The molecule has 7 heteroatoms. The number of aromatic nitrogens is 1. The van der Waals surface area contributed by atoms with E-state index in [2.05, 4.69) is 4.98 Å². The van der Waals surface area contributed by atoms with E-state index in [4.69, 9.17) is 9.47 Å². The van der Waals surface area contributed by atoms with E-state index in [1.54, 1.807) is 16.7 Å². The van der Waals surface area contributed by atoms with Crippen LogP contribution >= 0.6 is 0 Å². The monoisotopic (exact) mass is 338 g/mol. The van der Waals surface area contributed by atoms with Gasteiger partial charge in [0.25, 0.3) is 0 Å². The molecule has 3 heterocycles. The number of hydrogen-bond donors (Lipinski definition) is 0. The molecule has 3 aliphatic rings. The smallest absolute Gasteiger partial charge is 0.217 e. The summed E-state index contributed by atoms with van der Waals surface area (Å²) in [7, 11) is -3.10. The molecule has 6 nitrogen and oxygen atoms in total. The molecule has 3 fully saturated rings. The Morgan fingerprint density at radius 3 is 3.04 bits per heavy atom. The predicted octanol–water partition coefficient (Wildman–Crippen LogP) is 1.32. The second kappa shape index (κ2) is 5.81. The van der Waals surface area contributed by atoms with Gasteiger partial charge in [-0.05, 0) is 30.9 Å². The lowest BCUT2D eigenvalue weighted by Gasteiger charge is -2.23. The molecule has 1 spiro atoms. The number of hydrogen-bond acceptors (Lipinski definition) is 5. The standard InChI is InChI=1S/C16H22N2O4S/c19-23(20,15-3-4-15)18-7-5-16(12-18)8-14(11-22-16)21-10-13-2-1-6-17-9-13/h1-2,6,9,14-15H,3-5,7-8,10-12H2/t14-,16-/m0/s1. The number of sulfonamides is 1. The SMILES string of the molecule is O=S(=O)(C1CC1)N1CC[C@]2(C[C@H](OCc3cccnc3)CO2)C1. The molecule has 23 heavy (non-hydrogen) atoms. The molecular weight excluding hydrogens is 316 g/mol. The van der Waals surface area contributed by atoms with Gasteiger partial charge in [-0.1, -0.05) is 6.07 Å². The molecule has 0 aromatic carbocycles. The molecule has 0 radical (unpaired) electrons. The molecule has 4 rings (SSSR count). The van der Waals surface area contributed by atoms with Crippen LogP contribution in [0.25, 0.3) is 0 Å². The van der Waals surface area contributed by atoms with E-state index in [0.717, 1.165) is 31.2 Å². The normalized spacial score (nSPS) is 31.9. The van der Waals surface area contributed by atoms with Crippen LogP contribution in [0.1, 0.15) is 31.2 Å². The summed E-state index contributed by atoms with van der Waals surface area (Å²) in [5, 5.41) is -0.142. The van der Waals surface area contributed by atoms with Gasteiger partial charge in [-0.15, -0.1) is 0 Å². The van der Waals surface area contributed by atoms with E-state index in [1.165, 1.54) is 0 Å². The Bertz CT molecular complexity index is 662. The molecular formula is C16H22N2O4S. The Morgan fingerprint density at radius 1 is 1.43 bits per heavy atom. The first-order valence-corrected chi connectivity index (χ1v) is 9.71. The van der Waals surface area contributed by atoms with Crippen molar-refractivity contribution >= 4 is 10.0 Å². The summed E-state index contributed by atoms with van der Waals surface area (Å²) in [6.07, 6.45) is 6.72. The summed E-state index contributed by atoms with van der Waals surface area (Å²) in [6, 6.07) is 3.88. The lowest BCUT2D eigenvalue weighted by Crippen LogP contribution is -2.37. The van der Waals surface area contributed by atoms with Crippen LogP contribution in [0.15, 0.2) is 24.5 Å². The highest BCUT2D eigenvalue weighted by Gasteiger charge is 2.51. The van der Waals surface area contributed by atoms with Crippen LogP contribution in [0.2, 0.25) is 0 Å². The molecule has 1 saturated carbocycles. The molecule has 0 N–H and O–H groups in total. The summed E-state index contributed by atoms with van der Waals surface area (Å²) in [6.45, 7) is 2.12. The summed E-state index contributed by atoms with van der Waals surface area (Å²) in [5.74, 6) is 0. The first-order chi connectivity index (χ1) is 11.1. The van der Waals surface area contributed by atoms with E-state index >= 15 is 0 Å². The molecule has 0 unspecified atom stereocenters. The minimum atomic E-state index is -3.10. The molecule has 2 atom stereocenters. The van der Waals surface area contributed by atoms with Gasteiger partial charge >= 0.3 is 0 Å². The van der Waals surface area contributed by atoms with Gasteiger partial charge in [0.1, 0.15) is 0 Å². The number of nitrogens with zero attached hydrogens (tertiary/aromatic N) is 2. The third-order valence-corrected chi connectivity index (χ3v) is 7.32. The first-order valence-electron chi connectivity index (χ1n) is 8.21. The fourth-order valence-corrected chi connectivity index (χ4v) is 5.41. The zero-order valence-electron chi connectivity index (χ0n) is 13.1. The van der Waals surface area contributed by atoms with Crippen molar-refractivity contribution in [2.24, 2.45) is 0 Å². The number of rotatable bonds is 5. The predicted molar refractivity (Wildman–Crippen MR) is 84.2 cm³/mol. The maximum atomic E-state index is 12.4. The maximum absolute atomic E-state index is 12.4. The van der Waals surface area contributed by atoms with Crippen LogP contribution in [0.3, 0.4) is 0 Å². The third-order valence-electron chi connectivity index (χ3n) is 4.97. The number of pyridine rings is 1. The van der Waals surface area contributed by atoms with Crippen molar-refractivity contribution in [3.05, 3.63) is 30.1 Å². The second-order valence-corrected chi connectivity index (χ2v) is 9.03. The Morgan fingerprint density at radius 2 is 2.30 bits per heavy atom. The first kappa shape index (κ1) is 15.5. The van der Waals surface area contributed by atoms with E-state index in [1.807, 2.05) is 12.1 Å². The Hall–Kier alpha value is -1.02. The van der Waals surface area contributed by atoms with Gasteiger partial charge < -0.3 is 9.47 Å². The fourth-order valence-electron chi connectivity index (χ4n) is 3.49. The summed E-state index contributed by atoms with van der Waals surface area (Å²) >= 11 is 0. The summed E-state index contributed by atoms with van der Waals surface area (Å²) < 4.78 is 38.3. The lowest BCUT2D eigenvalue weighted by molar-refractivity contribution is 0.00270. The van der Waals surface area contributed by atoms with E-state index in [0.29, 0.717) is 26.3 Å². The Balaban J connectivity index is 1.33. The highest BCUT2D eigenvalue weighted by atomic mass is 32.2. The van der Waals surface area contributed by atoms with E-state index in [-0.39, 0.29) is 17.0 Å². The molecule has 0 amide bonds. The lowest BCUT2D eigenvalue weighted by atomic mass is 9.98. The minimum absolute atomic E-state index is 0.0267. The van der Waals surface area contributed by atoms with Crippen molar-refractivity contribution < 1.29 is 17.9 Å². The van der Waals surface area contributed by atoms with Gasteiger partial charge in [0, 0.05) is 31.9 Å². The highest BCUT2D eigenvalue weighted by Crippen LogP contribution is 2.40. The molecule has 1 aliphatic carbocycles. The summed E-state index contributed by atoms with van der Waals surface area (Å²) in [4.78, 5) is 4.08. The van der Waals surface area contributed by atoms with Crippen molar-refractivity contribution in [1.29, 1.82) is 0 Å². The van der Waals surface area contributed by atoms with Crippen LogP contribution in [0.5, 0.6) is 0 Å². The topological polar surface area (TPSA) is 68.7 Å². The Kier molecular flexibility index (Phi) is 3.91. The molecule has 2 aliphatic heterocycles. The van der Waals surface area contributed by atoms with Gasteiger partial charge in [0.05, 0.1) is 30.2 Å². The van der Waals surface area contributed by atoms with E-state index in [9.17, 15) is 8.42 Å². The second-order valence-electron chi connectivity index (χ2n) is 6.82. The van der Waals surface area contributed by atoms with Crippen LogP contribution in [0, 0.1) is 0 Å². The fraction of sp³-hybridized carbons (Fsp3) is 0.688. The zero-order chi connectivity index (χ0) is 15.9. The molecule has 1 aromatic rings. The van der Waals surface area contributed by atoms with Crippen LogP contribution in [-0.4, -0.2) is 54.4 Å². The quantitative estimate of drug-likeness (QED) is 0.810. The van der Waals surface area contributed by atoms with Crippen molar-refractivity contribution in [2.75, 3.05) is 19.7 Å². The average molecular weight is 338 g/mol. The molecule has 1 aromatic heterocycles. The van der Waals surface area contributed by atoms with Crippen molar-refractivity contribution in [2.45, 2.75) is 49.2 Å². The van der Waals surface area contributed by atoms with Gasteiger partial charge in [-0.25, -0.2) is 8.42 Å². The maximum Gasteiger partial charge on any atom is 0.217 e. The van der Waals surface area contributed by atoms with Crippen molar-refractivity contribution in [1.82, 2.24) is 9.29 Å². The number of ether oxygens (including phenoxy) is 2. The van der Waals surface area contributed by atoms with Crippen molar-refractivity contribution in [3.63, 3.8) is 0 Å². The molecule has 126 valence electrons. The van der Waals surface area contributed by atoms with Crippen LogP contribution < -0.4 is 0 Å². The largest absolute Gasteiger partial charge is 0.371 e. The minimum Gasteiger partial charge on any atom is -0.371 e. The van der Waals surface area contributed by atoms with Crippen LogP contribution in [0.4, 0.5) is 0 Å². The van der Waals surface area contributed by atoms with Gasteiger partial charge in [0.2, 0.25) is 10.0 Å². The molecule has 0 bridgehead atoms. The van der Waals surface area contributed by atoms with Gasteiger partial charge in [-0.2, -0.15) is 4.31 Å². The van der Waals surface area contributed by atoms with Gasteiger partial charge in [-0.3, -0.25) is 4.98 Å². The molecule has 2 saturated heterocycles. The highest BCUT2D eigenvalue weighted by molar-refractivity contribution is 7.90. The van der Waals surface area contributed by atoms with Gasteiger partial charge in [0.15, 0.2) is 0 Å². The third kappa shape index (κ3) is 3.15. The zero-order valence-corrected chi connectivity index (χ0v) is 13.9.